The van der Waals surface area contributed by atoms with Crippen LogP contribution < -0.4 is 0 Å². The minimum Gasteiger partial charge on any atom is -0.478 e. The van der Waals surface area contributed by atoms with E-state index in [2.05, 4.69) is 13.8 Å². The first-order valence-electron chi connectivity index (χ1n) is 16.1. The SMILES string of the molecule is CCCCCCCCCCCCCc1c(C(=O)O)ccc(C(=O)O)c1CCCCCCCCCCCCC. The number of hydrogen-bond donors (Lipinski definition) is 2. The molecule has 0 saturated heterocycles. The average Bonchev–Trinajstić information content (AvgIpc) is 2.90. The molecule has 0 heterocycles. The van der Waals surface area contributed by atoms with Crippen LogP contribution in [-0.4, -0.2) is 22.2 Å². The fourth-order valence-electron chi connectivity index (χ4n) is 5.60. The van der Waals surface area contributed by atoms with Crippen molar-refractivity contribution in [3.05, 3.63) is 34.4 Å². The lowest BCUT2D eigenvalue weighted by atomic mass is 9.88. The van der Waals surface area contributed by atoms with Crippen LogP contribution in [0, 0.1) is 0 Å². The van der Waals surface area contributed by atoms with Crippen LogP contribution in [0.15, 0.2) is 12.1 Å². The van der Waals surface area contributed by atoms with Crippen molar-refractivity contribution in [2.45, 2.75) is 168 Å². The van der Waals surface area contributed by atoms with Gasteiger partial charge in [0.1, 0.15) is 0 Å². The van der Waals surface area contributed by atoms with E-state index in [-0.39, 0.29) is 0 Å². The maximum Gasteiger partial charge on any atom is 0.335 e. The van der Waals surface area contributed by atoms with Crippen LogP contribution in [0.5, 0.6) is 0 Å². The summed E-state index contributed by atoms with van der Waals surface area (Å²) in [6.07, 6.45) is 28.7. The van der Waals surface area contributed by atoms with Gasteiger partial charge in [-0.1, -0.05) is 142 Å². The van der Waals surface area contributed by atoms with E-state index in [1.807, 2.05) is 0 Å². The Morgan fingerprint density at radius 2 is 0.684 bits per heavy atom. The fraction of sp³-hybridized carbons (Fsp3) is 0.765. The summed E-state index contributed by atoms with van der Waals surface area (Å²) in [5.41, 5.74) is 2.11. The molecule has 0 fully saturated rings. The lowest BCUT2D eigenvalue weighted by Crippen LogP contribution is -2.12. The van der Waals surface area contributed by atoms with Gasteiger partial charge in [-0.05, 0) is 48.9 Å². The summed E-state index contributed by atoms with van der Waals surface area (Å²) in [7, 11) is 0. The van der Waals surface area contributed by atoms with E-state index in [0.29, 0.717) is 24.0 Å². The molecule has 4 heteroatoms. The molecule has 0 atom stereocenters. The number of hydrogen-bond acceptors (Lipinski definition) is 2. The molecule has 38 heavy (non-hydrogen) atoms. The molecule has 0 aliphatic heterocycles. The normalized spacial score (nSPS) is 11.2. The van der Waals surface area contributed by atoms with Gasteiger partial charge in [-0.25, -0.2) is 9.59 Å². The Morgan fingerprint density at radius 3 is 0.921 bits per heavy atom. The molecule has 1 rings (SSSR count). The predicted molar refractivity (Wildman–Crippen MR) is 161 cm³/mol. The number of carboxylic acid groups (broad SMARTS) is 2. The number of carboxylic acids is 2. The molecular weight excluding hydrogens is 472 g/mol. The van der Waals surface area contributed by atoms with Crippen molar-refractivity contribution in [1.82, 2.24) is 0 Å². The molecule has 0 aromatic heterocycles. The van der Waals surface area contributed by atoms with E-state index in [1.54, 1.807) is 0 Å². The smallest absolute Gasteiger partial charge is 0.335 e. The topological polar surface area (TPSA) is 74.6 Å². The van der Waals surface area contributed by atoms with Crippen molar-refractivity contribution in [1.29, 1.82) is 0 Å². The Kier molecular flexibility index (Phi) is 20.8. The zero-order valence-corrected chi connectivity index (χ0v) is 24.8. The van der Waals surface area contributed by atoms with E-state index in [1.165, 1.54) is 128 Å². The van der Waals surface area contributed by atoms with E-state index in [4.69, 9.17) is 0 Å². The Morgan fingerprint density at radius 1 is 0.447 bits per heavy atom. The molecule has 1 aromatic carbocycles. The highest BCUT2D eigenvalue weighted by Gasteiger charge is 2.20. The van der Waals surface area contributed by atoms with Gasteiger partial charge >= 0.3 is 11.9 Å². The molecule has 0 aliphatic rings. The van der Waals surface area contributed by atoms with Crippen LogP contribution in [0.3, 0.4) is 0 Å². The lowest BCUT2D eigenvalue weighted by molar-refractivity contribution is 0.0679. The molecule has 4 nitrogen and oxygen atoms in total. The van der Waals surface area contributed by atoms with Gasteiger partial charge in [0.25, 0.3) is 0 Å². The number of unbranched alkanes of at least 4 members (excludes halogenated alkanes) is 20. The van der Waals surface area contributed by atoms with Crippen LogP contribution in [-0.2, 0) is 12.8 Å². The van der Waals surface area contributed by atoms with E-state index in [0.717, 1.165) is 36.8 Å². The van der Waals surface area contributed by atoms with Crippen molar-refractivity contribution < 1.29 is 19.8 Å². The molecular formula is C34H58O4. The third kappa shape index (κ3) is 15.5. The summed E-state index contributed by atoms with van der Waals surface area (Å²) in [6, 6.07) is 3.01. The van der Waals surface area contributed by atoms with Gasteiger partial charge in [-0.2, -0.15) is 0 Å². The van der Waals surface area contributed by atoms with Gasteiger partial charge in [0.2, 0.25) is 0 Å². The van der Waals surface area contributed by atoms with Crippen LogP contribution in [0.2, 0.25) is 0 Å². The van der Waals surface area contributed by atoms with Crippen molar-refractivity contribution in [3.8, 4) is 0 Å². The highest BCUT2D eigenvalue weighted by atomic mass is 16.4. The molecule has 0 spiro atoms. The summed E-state index contributed by atoms with van der Waals surface area (Å²) in [6.45, 7) is 4.50. The Bertz CT molecular complexity index is 692. The molecule has 0 saturated carbocycles. The first kappa shape index (κ1) is 34.2. The molecule has 2 N–H and O–H groups in total. The lowest BCUT2D eigenvalue weighted by Gasteiger charge is -2.16. The third-order valence-corrected chi connectivity index (χ3v) is 7.95. The van der Waals surface area contributed by atoms with Gasteiger partial charge in [-0.15, -0.1) is 0 Å². The third-order valence-electron chi connectivity index (χ3n) is 7.95. The molecule has 218 valence electrons. The van der Waals surface area contributed by atoms with Crippen molar-refractivity contribution in [2.24, 2.45) is 0 Å². The molecule has 0 radical (unpaired) electrons. The number of aromatic carboxylic acids is 2. The van der Waals surface area contributed by atoms with Crippen LogP contribution >= 0.6 is 0 Å². The standard InChI is InChI=1S/C34H58O4/c1-3-5-7-9-11-13-15-17-19-21-23-25-29-30(32(34(37)38)28-27-31(29)33(35)36)26-24-22-20-18-16-14-12-10-8-6-4-2/h27-28H,3-26H2,1-2H3,(H,35,36)(H,37,38). The zero-order chi connectivity index (χ0) is 27.8. The zero-order valence-electron chi connectivity index (χ0n) is 24.8. The summed E-state index contributed by atoms with van der Waals surface area (Å²) in [4.78, 5) is 23.9. The van der Waals surface area contributed by atoms with Gasteiger partial charge in [-0.3, -0.25) is 0 Å². The second-order valence-electron chi connectivity index (χ2n) is 11.3. The average molecular weight is 531 g/mol. The Labute approximate surface area is 234 Å². The summed E-state index contributed by atoms with van der Waals surface area (Å²) in [5, 5.41) is 19.6. The first-order chi connectivity index (χ1) is 18.5. The highest BCUT2D eigenvalue weighted by molar-refractivity contribution is 5.95. The maximum absolute atomic E-state index is 12.0. The second-order valence-corrected chi connectivity index (χ2v) is 11.3. The van der Waals surface area contributed by atoms with Gasteiger partial charge in [0, 0.05) is 0 Å². The summed E-state index contributed by atoms with van der Waals surface area (Å²) >= 11 is 0. The van der Waals surface area contributed by atoms with E-state index < -0.39 is 11.9 Å². The second kappa shape index (κ2) is 23.1. The Balaban J connectivity index is 2.49. The van der Waals surface area contributed by atoms with Crippen LogP contribution in [0.4, 0.5) is 0 Å². The van der Waals surface area contributed by atoms with Crippen LogP contribution in [0.1, 0.15) is 187 Å². The van der Waals surface area contributed by atoms with E-state index >= 15 is 0 Å². The van der Waals surface area contributed by atoms with Gasteiger partial charge < -0.3 is 10.2 Å². The minimum atomic E-state index is -0.944. The molecule has 0 aliphatic carbocycles. The molecule has 0 unspecified atom stereocenters. The van der Waals surface area contributed by atoms with E-state index in [9.17, 15) is 19.8 Å². The maximum atomic E-state index is 12.0. The fourth-order valence-corrected chi connectivity index (χ4v) is 5.60. The quantitative estimate of drug-likeness (QED) is 0.117. The largest absolute Gasteiger partial charge is 0.478 e. The monoisotopic (exact) mass is 530 g/mol. The molecule has 0 amide bonds. The van der Waals surface area contributed by atoms with Gasteiger partial charge in [0.05, 0.1) is 11.1 Å². The number of carbonyl (C=O) groups is 2. The molecule has 1 aromatic rings. The first-order valence-corrected chi connectivity index (χ1v) is 16.1. The molecule has 0 bridgehead atoms. The minimum absolute atomic E-state index is 0.292. The predicted octanol–water partition coefficient (Wildman–Crippen LogP) is 10.8. The van der Waals surface area contributed by atoms with Crippen molar-refractivity contribution in [2.75, 3.05) is 0 Å². The number of rotatable bonds is 26. The van der Waals surface area contributed by atoms with Crippen molar-refractivity contribution >= 4 is 11.9 Å². The number of benzene rings is 1. The summed E-state index contributed by atoms with van der Waals surface area (Å²) in [5.74, 6) is -1.89. The van der Waals surface area contributed by atoms with Gasteiger partial charge in [0.15, 0.2) is 0 Å². The summed E-state index contributed by atoms with van der Waals surface area (Å²) < 4.78 is 0. The highest BCUT2D eigenvalue weighted by Crippen LogP contribution is 2.25. The Hall–Kier alpha value is -1.84. The van der Waals surface area contributed by atoms with Crippen LogP contribution in [0.25, 0.3) is 0 Å². The van der Waals surface area contributed by atoms with Crippen molar-refractivity contribution in [3.63, 3.8) is 0 Å².